The van der Waals surface area contributed by atoms with E-state index in [4.69, 9.17) is 0 Å². The van der Waals surface area contributed by atoms with Crippen LogP contribution in [-0.2, 0) is 4.79 Å². The summed E-state index contributed by atoms with van der Waals surface area (Å²) >= 11 is 0. The zero-order valence-electron chi connectivity index (χ0n) is 9.92. The van der Waals surface area contributed by atoms with Crippen molar-refractivity contribution in [1.82, 2.24) is 5.32 Å². The van der Waals surface area contributed by atoms with Crippen molar-refractivity contribution in [1.29, 1.82) is 0 Å². The van der Waals surface area contributed by atoms with E-state index in [1.807, 2.05) is 6.92 Å². The van der Waals surface area contributed by atoms with E-state index in [9.17, 15) is 9.18 Å². The highest BCUT2D eigenvalue weighted by atomic mass is 19.1. The lowest BCUT2D eigenvalue weighted by Crippen LogP contribution is -2.46. The van der Waals surface area contributed by atoms with Crippen LogP contribution in [0.25, 0.3) is 0 Å². The van der Waals surface area contributed by atoms with Crippen LogP contribution in [0.3, 0.4) is 0 Å². The molecule has 2 N–H and O–H groups in total. The lowest BCUT2D eigenvalue weighted by molar-refractivity contribution is -0.125. The van der Waals surface area contributed by atoms with Gasteiger partial charge in [-0.3, -0.25) is 4.79 Å². The molecule has 4 heteroatoms. The van der Waals surface area contributed by atoms with Crippen molar-refractivity contribution in [2.24, 2.45) is 5.41 Å². The number of benzene rings is 1. The Labute approximate surface area is 100 Å². The van der Waals surface area contributed by atoms with Gasteiger partial charge < -0.3 is 10.6 Å². The third-order valence-electron chi connectivity index (χ3n) is 3.27. The van der Waals surface area contributed by atoms with E-state index in [0.717, 1.165) is 19.4 Å². The van der Waals surface area contributed by atoms with Gasteiger partial charge in [-0.15, -0.1) is 0 Å². The minimum Gasteiger partial charge on any atom is -0.323 e. The van der Waals surface area contributed by atoms with Gasteiger partial charge in [-0.2, -0.15) is 0 Å². The van der Waals surface area contributed by atoms with E-state index in [1.54, 1.807) is 18.2 Å². The van der Waals surface area contributed by atoms with Gasteiger partial charge in [0.15, 0.2) is 0 Å². The van der Waals surface area contributed by atoms with Crippen LogP contribution in [0.4, 0.5) is 10.1 Å². The second-order valence-electron chi connectivity index (χ2n) is 4.77. The summed E-state index contributed by atoms with van der Waals surface area (Å²) in [5.41, 5.74) is -0.190. The maximum absolute atomic E-state index is 13.4. The number of amides is 1. The zero-order chi connectivity index (χ0) is 12.3. The predicted octanol–water partition coefficient (Wildman–Crippen LogP) is 2.15. The smallest absolute Gasteiger partial charge is 0.231 e. The number of para-hydroxylation sites is 1. The topological polar surface area (TPSA) is 41.1 Å². The Hall–Kier alpha value is -1.42. The second-order valence-corrected chi connectivity index (χ2v) is 4.77. The fourth-order valence-electron chi connectivity index (χ4n) is 2.09. The predicted molar refractivity (Wildman–Crippen MR) is 65.2 cm³/mol. The molecule has 3 nitrogen and oxygen atoms in total. The third kappa shape index (κ3) is 2.64. The van der Waals surface area contributed by atoms with Gasteiger partial charge in [-0.1, -0.05) is 12.1 Å². The summed E-state index contributed by atoms with van der Waals surface area (Å²) in [5, 5.41) is 5.87. The first kappa shape index (κ1) is 12.0. The number of rotatable bonds is 2. The van der Waals surface area contributed by atoms with Crippen molar-refractivity contribution < 1.29 is 9.18 Å². The van der Waals surface area contributed by atoms with Crippen LogP contribution in [0.2, 0.25) is 0 Å². The van der Waals surface area contributed by atoms with Crippen molar-refractivity contribution in [3.05, 3.63) is 30.1 Å². The normalized spacial score (nSPS) is 24.4. The molecule has 1 amide bonds. The first-order valence-corrected chi connectivity index (χ1v) is 5.88. The highest BCUT2D eigenvalue weighted by Crippen LogP contribution is 2.27. The molecule has 1 aliphatic heterocycles. The fraction of sp³-hybridized carbons (Fsp3) is 0.462. The molecule has 1 aromatic carbocycles. The van der Waals surface area contributed by atoms with E-state index >= 15 is 0 Å². The second kappa shape index (κ2) is 4.84. The van der Waals surface area contributed by atoms with E-state index < -0.39 is 11.2 Å². The van der Waals surface area contributed by atoms with Crippen molar-refractivity contribution >= 4 is 11.6 Å². The molecule has 1 fully saturated rings. The Kier molecular flexibility index (Phi) is 3.43. The summed E-state index contributed by atoms with van der Waals surface area (Å²) in [5.74, 6) is -0.511. The molecule has 0 aliphatic carbocycles. The van der Waals surface area contributed by atoms with Gasteiger partial charge in [0.1, 0.15) is 5.82 Å². The molecule has 1 aliphatic rings. The van der Waals surface area contributed by atoms with Crippen LogP contribution < -0.4 is 10.6 Å². The van der Waals surface area contributed by atoms with Crippen LogP contribution >= 0.6 is 0 Å². The lowest BCUT2D eigenvalue weighted by atomic mass is 9.82. The lowest BCUT2D eigenvalue weighted by Gasteiger charge is -2.32. The van der Waals surface area contributed by atoms with Crippen LogP contribution in [0.15, 0.2) is 24.3 Å². The quantitative estimate of drug-likeness (QED) is 0.826. The Bertz CT molecular complexity index is 414. The molecule has 2 rings (SSSR count). The molecule has 1 atom stereocenters. The van der Waals surface area contributed by atoms with Gasteiger partial charge in [0.25, 0.3) is 0 Å². The molecular weight excluding hydrogens is 219 g/mol. The molecule has 1 unspecified atom stereocenters. The molecule has 0 bridgehead atoms. The van der Waals surface area contributed by atoms with Crippen LogP contribution in [0.5, 0.6) is 0 Å². The molecule has 0 radical (unpaired) electrons. The van der Waals surface area contributed by atoms with Gasteiger partial charge >= 0.3 is 0 Å². The zero-order valence-corrected chi connectivity index (χ0v) is 9.92. The number of piperidine rings is 1. The average Bonchev–Trinajstić information content (AvgIpc) is 2.33. The van der Waals surface area contributed by atoms with Gasteiger partial charge in [0.2, 0.25) is 5.91 Å². The third-order valence-corrected chi connectivity index (χ3v) is 3.27. The largest absolute Gasteiger partial charge is 0.323 e. The number of nitrogens with one attached hydrogen (secondary N) is 2. The molecular formula is C13H17FN2O. The molecule has 17 heavy (non-hydrogen) atoms. The van der Waals surface area contributed by atoms with Crippen LogP contribution in [0.1, 0.15) is 19.8 Å². The number of anilines is 1. The number of carbonyl (C=O) groups excluding carboxylic acids is 1. The van der Waals surface area contributed by atoms with Gasteiger partial charge in [0.05, 0.1) is 11.1 Å². The number of hydrogen-bond donors (Lipinski definition) is 2. The van der Waals surface area contributed by atoms with Gasteiger partial charge in [-0.05, 0) is 38.4 Å². The number of halogens is 1. The summed E-state index contributed by atoms with van der Waals surface area (Å²) < 4.78 is 13.4. The molecule has 92 valence electrons. The summed E-state index contributed by atoms with van der Waals surface area (Å²) in [4.78, 5) is 12.1. The van der Waals surface area contributed by atoms with E-state index in [-0.39, 0.29) is 11.6 Å². The number of carbonyl (C=O) groups is 1. The van der Waals surface area contributed by atoms with Crippen molar-refractivity contribution in [2.45, 2.75) is 19.8 Å². The SMILES string of the molecule is CC1(C(=O)Nc2ccccc2F)CCCNC1. The molecule has 1 aromatic rings. The highest BCUT2D eigenvalue weighted by Gasteiger charge is 2.34. The van der Waals surface area contributed by atoms with Crippen molar-refractivity contribution in [3.8, 4) is 0 Å². The van der Waals surface area contributed by atoms with Crippen LogP contribution in [-0.4, -0.2) is 19.0 Å². The Balaban J connectivity index is 2.08. The number of hydrogen-bond acceptors (Lipinski definition) is 2. The molecule has 0 spiro atoms. The summed E-state index contributed by atoms with van der Waals surface area (Å²) in [6, 6.07) is 6.24. The minimum atomic E-state index is -0.444. The van der Waals surface area contributed by atoms with Gasteiger partial charge in [-0.25, -0.2) is 4.39 Å². The Morgan fingerprint density at radius 3 is 2.88 bits per heavy atom. The average molecular weight is 236 g/mol. The first-order chi connectivity index (χ1) is 8.12. The first-order valence-electron chi connectivity index (χ1n) is 5.88. The maximum atomic E-state index is 13.4. The van der Waals surface area contributed by atoms with E-state index in [0.29, 0.717) is 6.54 Å². The van der Waals surface area contributed by atoms with E-state index in [1.165, 1.54) is 6.07 Å². The van der Waals surface area contributed by atoms with Crippen LogP contribution in [0, 0.1) is 11.2 Å². The van der Waals surface area contributed by atoms with Crippen molar-refractivity contribution in [2.75, 3.05) is 18.4 Å². The molecule has 0 aromatic heterocycles. The maximum Gasteiger partial charge on any atom is 0.231 e. The van der Waals surface area contributed by atoms with E-state index in [2.05, 4.69) is 10.6 Å². The monoisotopic (exact) mass is 236 g/mol. The van der Waals surface area contributed by atoms with Crippen molar-refractivity contribution in [3.63, 3.8) is 0 Å². The van der Waals surface area contributed by atoms with Gasteiger partial charge in [0, 0.05) is 6.54 Å². The minimum absolute atomic E-state index is 0.116. The highest BCUT2D eigenvalue weighted by molar-refractivity contribution is 5.95. The summed E-state index contributed by atoms with van der Waals surface area (Å²) in [6.45, 7) is 3.51. The Morgan fingerprint density at radius 2 is 2.24 bits per heavy atom. The Morgan fingerprint density at radius 1 is 1.47 bits per heavy atom. The molecule has 1 heterocycles. The summed E-state index contributed by atoms with van der Waals surface area (Å²) in [7, 11) is 0. The molecule has 0 saturated carbocycles. The fourth-order valence-corrected chi connectivity index (χ4v) is 2.09. The standard InChI is InChI=1S/C13H17FN2O/c1-13(7-4-8-15-9-13)12(17)16-11-6-3-2-5-10(11)14/h2-3,5-6,15H,4,7-9H2,1H3,(H,16,17). The summed E-state index contributed by atoms with van der Waals surface area (Å²) in [6.07, 6.45) is 1.81. The molecule has 1 saturated heterocycles.